The van der Waals surface area contributed by atoms with Gasteiger partial charge in [0, 0.05) is 5.39 Å². The van der Waals surface area contributed by atoms with Crippen molar-refractivity contribution in [2.75, 3.05) is 0 Å². The lowest BCUT2D eigenvalue weighted by Crippen LogP contribution is -2.12. The Morgan fingerprint density at radius 2 is 1.94 bits per heavy atom. The third kappa shape index (κ3) is 2.66. The molecule has 0 aliphatic carbocycles. The van der Waals surface area contributed by atoms with Crippen LogP contribution in [0.2, 0.25) is 5.15 Å². The molecule has 0 spiro atoms. The Hall–Kier alpha value is -1.36. The number of fused-ring (bicyclic) bond motifs is 1. The van der Waals surface area contributed by atoms with Crippen molar-refractivity contribution in [3.8, 4) is 0 Å². The van der Waals surface area contributed by atoms with Crippen LogP contribution in [-0.2, 0) is 6.42 Å². The van der Waals surface area contributed by atoms with Crippen LogP contribution >= 0.6 is 11.6 Å². The molecule has 1 heterocycles. The molecule has 90 valence electrons. The minimum Gasteiger partial charge on any atom is -0.233 e. The van der Waals surface area contributed by atoms with Crippen molar-refractivity contribution in [2.45, 2.75) is 19.5 Å². The number of para-hydroxylation sites is 1. The maximum Gasteiger partial charge on any atom is 0.393 e. The summed E-state index contributed by atoms with van der Waals surface area (Å²) in [6.07, 6.45) is -5.28. The number of hydrogen-bond acceptors (Lipinski definition) is 2. The number of halogens is 4. The van der Waals surface area contributed by atoms with Crippen molar-refractivity contribution in [2.24, 2.45) is 0 Å². The molecule has 0 atom stereocenters. The summed E-state index contributed by atoms with van der Waals surface area (Å²) in [6.45, 7) is 1.59. The van der Waals surface area contributed by atoms with E-state index in [1.54, 1.807) is 13.0 Å². The number of hydrogen-bond donors (Lipinski definition) is 0. The molecule has 0 saturated heterocycles. The highest BCUT2D eigenvalue weighted by Gasteiger charge is 2.29. The predicted molar refractivity (Wildman–Crippen MR) is 59.0 cm³/mol. The lowest BCUT2D eigenvalue weighted by molar-refractivity contribution is -0.127. The average Bonchev–Trinajstić information content (AvgIpc) is 2.17. The number of alkyl halides is 3. The van der Waals surface area contributed by atoms with E-state index in [4.69, 9.17) is 11.6 Å². The second-order valence-corrected chi connectivity index (χ2v) is 4.02. The van der Waals surface area contributed by atoms with Crippen LogP contribution in [0.15, 0.2) is 18.2 Å². The maximum atomic E-state index is 12.4. The van der Waals surface area contributed by atoms with Gasteiger partial charge in [-0.1, -0.05) is 23.7 Å². The Kier molecular flexibility index (Phi) is 2.95. The van der Waals surface area contributed by atoms with Gasteiger partial charge in [-0.2, -0.15) is 13.2 Å². The van der Waals surface area contributed by atoms with Gasteiger partial charge in [0.25, 0.3) is 0 Å². The topological polar surface area (TPSA) is 25.8 Å². The quantitative estimate of drug-likeness (QED) is 0.731. The van der Waals surface area contributed by atoms with Crippen LogP contribution in [0.5, 0.6) is 0 Å². The normalized spacial score (nSPS) is 12.1. The summed E-state index contributed by atoms with van der Waals surface area (Å²) in [7, 11) is 0. The summed E-state index contributed by atoms with van der Waals surface area (Å²) in [5.74, 6) is 0.358. The van der Waals surface area contributed by atoms with Crippen molar-refractivity contribution in [3.05, 3.63) is 34.7 Å². The molecule has 0 N–H and O–H groups in total. The number of aryl methyl sites for hydroxylation is 1. The van der Waals surface area contributed by atoms with E-state index >= 15 is 0 Å². The molecule has 1 aromatic heterocycles. The summed E-state index contributed by atoms with van der Waals surface area (Å²) in [5, 5.41) is 0.621. The third-order valence-corrected chi connectivity index (χ3v) is 2.55. The van der Waals surface area contributed by atoms with Crippen LogP contribution < -0.4 is 0 Å². The molecule has 6 heteroatoms. The zero-order chi connectivity index (χ0) is 12.6. The second-order valence-electron chi connectivity index (χ2n) is 3.67. The van der Waals surface area contributed by atoms with E-state index in [-0.39, 0.29) is 16.2 Å². The number of benzene rings is 1. The summed E-state index contributed by atoms with van der Waals surface area (Å²) < 4.78 is 37.2. The Balaban J connectivity index is 2.64. The smallest absolute Gasteiger partial charge is 0.233 e. The summed E-state index contributed by atoms with van der Waals surface area (Å²) in [4.78, 5) is 7.94. The van der Waals surface area contributed by atoms with E-state index in [2.05, 4.69) is 9.97 Å². The lowest BCUT2D eigenvalue weighted by atomic mass is 10.1. The first kappa shape index (κ1) is 12.1. The molecule has 2 aromatic rings. The monoisotopic (exact) mass is 260 g/mol. The molecule has 0 bridgehead atoms. The van der Waals surface area contributed by atoms with E-state index in [0.29, 0.717) is 11.2 Å². The van der Waals surface area contributed by atoms with Gasteiger partial charge in [0.2, 0.25) is 0 Å². The third-order valence-electron chi connectivity index (χ3n) is 2.27. The number of rotatable bonds is 1. The van der Waals surface area contributed by atoms with Gasteiger partial charge in [-0.15, -0.1) is 0 Å². The standard InChI is InChI=1S/C11H8ClF3N2/c1-6-16-9-7(5-11(13,14)15)3-2-4-8(9)10(12)17-6/h2-4H,5H2,1H3. The summed E-state index contributed by atoms with van der Waals surface area (Å²) in [5.41, 5.74) is 0.379. The fourth-order valence-corrected chi connectivity index (χ4v) is 1.91. The van der Waals surface area contributed by atoms with Gasteiger partial charge in [0.1, 0.15) is 11.0 Å². The maximum absolute atomic E-state index is 12.4. The Morgan fingerprint density at radius 3 is 2.59 bits per heavy atom. The minimum absolute atomic E-state index is 0.113. The van der Waals surface area contributed by atoms with Crippen LogP contribution in [-0.4, -0.2) is 16.1 Å². The highest BCUT2D eigenvalue weighted by molar-refractivity contribution is 6.34. The fraction of sp³-hybridized carbons (Fsp3) is 0.273. The molecular formula is C11H8ClF3N2. The lowest BCUT2D eigenvalue weighted by Gasteiger charge is -2.09. The van der Waals surface area contributed by atoms with Crippen LogP contribution in [0.4, 0.5) is 13.2 Å². The van der Waals surface area contributed by atoms with E-state index < -0.39 is 12.6 Å². The molecular weight excluding hydrogens is 253 g/mol. The van der Waals surface area contributed by atoms with Gasteiger partial charge in [-0.05, 0) is 18.6 Å². The zero-order valence-corrected chi connectivity index (χ0v) is 9.60. The molecule has 0 radical (unpaired) electrons. The summed E-state index contributed by atoms with van der Waals surface area (Å²) >= 11 is 5.87. The Morgan fingerprint density at radius 1 is 1.24 bits per heavy atom. The highest BCUT2D eigenvalue weighted by atomic mass is 35.5. The van der Waals surface area contributed by atoms with Gasteiger partial charge >= 0.3 is 6.18 Å². The first-order chi connectivity index (χ1) is 7.87. The van der Waals surface area contributed by atoms with Crippen molar-refractivity contribution in [1.82, 2.24) is 9.97 Å². The van der Waals surface area contributed by atoms with E-state index in [1.165, 1.54) is 12.1 Å². The Bertz CT molecular complexity index is 566. The molecule has 2 nitrogen and oxygen atoms in total. The molecule has 0 amide bonds. The Labute approximate surface area is 100 Å². The number of nitrogens with zero attached hydrogens (tertiary/aromatic N) is 2. The number of aromatic nitrogens is 2. The zero-order valence-electron chi connectivity index (χ0n) is 8.85. The van der Waals surface area contributed by atoms with E-state index in [9.17, 15) is 13.2 Å². The van der Waals surface area contributed by atoms with Crippen molar-refractivity contribution in [1.29, 1.82) is 0 Å². The van der Waals surface area contributed by atoms with E-state index in [0.717, 1.165) is 0 Å². The SMILES string of the molecule is Cc1nc(Cl)c2cccc(CC(F)(F)F)c2n1. The van der Waals surface area contributed by atoms with Gasteiger partial charge in [0.15, 0.2) is 0 Å². The average molecular weight is 261 g/mol. The van der Waals surface area contributed by atoms with Crippen molar-refractivity contribution < 1.29 is 13.2 Å². The molecule has 0 fully saturated rings. The minimum atomic E-state index is -4.26. The van der Waals surface area contributed by atoms with Crippen LogP contribution in [0.1, 0.15) is 11.4 Å². The van der Waals surface area contributed by atoms with Crippen LogP contribution in [0.25, 0.3) is 10.9 Å². The van der Waals surface area contributed by atoms with Crippen molar-refractivity contribution in [3.63, 3.8) is 0 Å². The molecule has 0 unspecified atom stereocenters. The molecule has 2 rings (SSSR count). The molecule has 0 aliphatic rings. The van der Waals surface area contributed by atoms with Gasteiger partial charge in [-0.3, -0.25) is 0 Å². The van der Waals surface area contributed by atoms with Crippen LogP contribution in [0, 0.1) is 6.92 Å². The molecule has 1 aromatic carbocycles. The first-order valence-corrected chi connectivity index (χ1v) is 5.23. The largest absolute Gasteiger partial charge is 0.393 e. The first-order valence-electron chi connectivity index (χ1n) is 4.85. The fourth-order valence-electron chi connectivity index (χ4n) is 1.64. The predicted octanol–water partition coefficient (Wildman–Crippen LogP) is 3.70. The highest BCUT2D eigenvalue weighted by Crippen LogP contribution is 2.28. The van der Waals surface area contributed by atoms with Crippen LogP contribution in [0.3, 0.4) is 0 Å². The molecule has 0 aliphatic heterocycles. The van der Waals surface area contributed by atoms with E-state index in [1.807, 2.05) is 0 Å². The molecule has 17 heavy (non-hydrogen) atoms. The summed E-state index contributed by atoms with van der Waals surface area (Å²) in [6, 6.07) is 4.53. The van der Waals surface area contributed by atoms with Gasteiger partial charge in [0.05, 0.1) is 11.9 Å². The second kappa shape index (κ2) is 4.14. The van der Waals surface area contributed by atoms with Crippen molar-refractivity contribution >= 4 is 22.5 Å². The van der Waals surface area contributed by atoms with Gasteiger partial charge in [-0.25, -0.2) is 9.97 Å². The molecule has 0 saturated carbocycles. The van der Waals surface area contributed by atoms with Gasteiger partial charge < -0.3 is 0 Å².